The maximum Gasteiger partial charge on any atom is 0.0931 e. The molecule has 1 fully saturated rings. The highest BCUT2D eigenvalue weighted by Crippen LogP contribution is 2.35. The molecule has 0 amide bonds. The lowest BCUT2D eigenvalue weighted by Crippen LogP contribution is -2.44. The maximum atomic E-state index is 6.13. The summed E-state index contributed by atoms with van der Waals surface area (Å²) >= 11 is 9.58. The van der Waals surface area contributed by atoms with E-state index >= 15 is 0 Å². The zero-order chi connectivity index (χ0) is 14.9. The van der Waals surface area contributed by atoms with E-state index in [9.17, 15) is 0 Å². The molecule has 114 valence electrons. The summed E-state index contributed by atoms with van der Waals surface area (Å²) in [5.74, 6) is 0. The van der Waals surface area contributed by atoms with Crippen molar-refractivity contribution in [3.63, 3.8) is 0 Å². The van der Waals surface area contributed by atoms with Gasteiger partial charge >= 0.3 is 0 Å². The van der Waals surface area contributed by atoms with E-state index < -0.39 is 0 Å². The Morgan fingerprint density at radius 1 is 1.33 bits per heavy atom. The summed E-state index contributed by atoms with van der Waals surface area (Å²) in [6.07, 6.45) is 2.10. The number of halogens is 1. The molecule has 3 heterocycles. The van der Waals surface area contributed by atoms with Crippen LogP contribution in [0.15, 0.2) is 29.6 Å². The molecular weight excluding hydrogens is 322 g/mol. The SMILES string of the molecule is CC1(C)CC(NC(c2cccs2)c2ccc(Cl)s2)CCO1. The van der Waals surface area contributed by atoms with Gasteiger partial charge in [0, 0.05) is 22.4 Å². The largest absolute Gasteiger partial charge is 0.375 e. The first-order chi connectivity index (χ1) is 10.0. The Balaban J connectivity index is 1.80. The van der Waals surface area contributed by atoms with Crippen molar-refractivity contribution in [1.82, 2.24) is 5.32 Å². The van der Waals surface area contributed by atoms with Crippen LogP contribution in [0.3, 0.4) is 0 Å². The van der Waals surface area contributed by atoms with E-state index in [1.54, 1.807) is 22.7 Å². The fourth-order valence-electron chi connectivity index (χ4n) is 2.85. The smallest absolute Gasteiger partial charge is 0.0931 e. The summed E-state index contributed by atoms with van der Waals surface area (Å²) in [6.45, 7) is 5.17. The van der Waals surface area contributed by atoms with Gasteiger partial charge in [0.15, 0.2) is 0 Å². The monoisotopic (exact) mass is 341 g/mol. The lowest BCUT2D eigenvalue weighted by atomic mass is 9.93. The Morgan fingerprint density at radius 2 is 2.19 bits per heavy atom. The summed E-state index contributed by atoms with van der Waals surface area (Å²) in [5.41, 5.74) is -0.0387. The molecule has 1 aliphatic rings. The minimum absolute atomic E-state index is 0.0387. The molecule has 1 N–H and O–H groups in total. The van der Waals surface area contributed by atoms with Crippen LogP contribution in [0.2, 0.25) is 4.34 Å². The molecule has 1 aliphatic heterocycles. The predicted octanol–water partition coefficient (Wildman–Crippen LogP) is 5.10. The van der Waals surface area contributed by atoms with Crippen LogP contribution in [0.5, 0.6) is 0 Å². The van der Waals surface area contributed by atoms with Gasteiger partial charge in [0.2, 0.25) is 0 Å². The van der Waals surface area contributed by atoms with Crippen LogP contribution in [0.25, 0.3) is 0 Å². The van der Waals surface area contributed by atoms with Crippen molar-refractivity contribution in [2.24, 2.45) is 0 Å². The zero-order valence-electron chi connectivity index (χ0n) is 12.3. The van der Waals surface area contributed by atoms with Crippen molar-refractivity contribution in [2.75, 3.05) is 6.61 Å². The molecule has 2 aromatic rings. The minimum Gasteiger partial charge on any atom is -0.375 e. The fourth-order valence-corrected chi connectivity index (χ4v) is 4.87. The molecule has 0 spiro atoms. The van der Waals surface area contributed by atoms with E-state index in [2.05, 4.69) is 42.7 Å². The minimum atomic E-state index is -0.0387. The molecule has 0 aromatic carbocycles. The van der Waals surface area contributed by atoms with Crippen LogP contribution in [-0.2, 0) is 4.74 Å². The summed E-state index contributed by atoms with van der Waals surface area (Å²) in [6, 6.07) is 9.13. The number of ether oxygens (including phenoxy) is 1. The van der Waals surface area contributed by atoms with Gasteiger partial charge in [-0.15, -0.1) is 22.7 Å². The van der Waals surface area contributed by atoms with Crippen molar-refractivity contribution < 1.29 is 4.74 Å². The van der Waals surface area contributed by atoms with E-state index in [0.717, 1.165) is 23.8 Å². The van der Waals surface area contributed by atoms with Gasteiger partial charge in [-0.1, -0.05) is 17.7 Å². The summed E-state index contributed by atoms with van der Waals surface area (Å²) < 4.78 is 6.67. The molecule has 2 unspecified atom stereocenters. The van der Waals surface area contributed by atoms with E-state index in [1.807, 2.05) is 6.07 Å². The number of nitrogens with one attached hydrogen (secondary N) is 1. The van der Waals surface area contributed by atoms with Gasteiger partial charge in [-0.05, 0) is 50.3 Å². The second-order valence-corrected chi connectivity index (χ2v) is 8.78. The van der Waals surface area contributed by atoms with Gasteiger partial charge < -0.3 is 10.1 Å². The Kier molecular flexibility index (Phi) is 4.71. The highest BCUT2D eigenvalue weighted by atomic mass is 35.5. The van der Waals surface area contributed by atoms with Crippen LogP contribution < -0.4 is 5.32 Å². The van der Waals surface area contributed by atoms with E-state index in [4.69, 9.17) is 16.3 Å². The van der Waals surface area contributed by atoms with Gasteiger partial charge in [-0.25, -0.2) is 0 Å². The third-order valence-corrected chi connectivity index (χ3v) is 6.04. The molecule has 21 heavy (non-hydrogen) atoms. The molecule has 0 bridgehead atoms. The molecule has 0 saturated carbocycles. The van der Waals surface area contributed by atoms with E-state index in [-0.39, 0.29) is 11.6 Å². The highest BCUT2D eigenvalue weighted by molar-refractivity contribution is 7.16. The van der Waals surface area contributed by atoms with Crippen LogP contribution in [0.4, 0.5) is 0 Å². The lowest BCUT2D eigenvalue weighted by molar-refractivity contribution is -0.0636. The summed E-state index contributed by atoms with van der Waals surface area (Å²) in [5, 5.41) is 5.96. The Morgan fingerprint density at radius 3 is 2.81 bits per heavy atom. The van der Waals surface area contributed by atoms with Crippen LogP contribution in [0.1, 0.15) is 42.5 Å². The molecule has 3 rings (SSSR count). The van der Waals surface area contributed by atoms with E-state index in [0.29, 0.717) is 6.04 Å². The standard InChI is InChI=1S/C16H20ClNOS2/c1-16(2)10-11(7-8-19-16)18-15(12-4-3-9-20-12)13-5-6-14(17)21-13/h3-6,9,11,15,18H,7-8,10H2,1-2H3. The Hall–Kier alpha value is -0.390. The van der Waals surface area contributed by atoms with Gasteiger partial charge in [-0.3, -0.25) is 0 Å². The van der Waals surface area contributed by atoms with Gasteiger partial charge in [0.05, 0.1) is 16.0 Å². The first-order valence-electron chi connectivity index (χ1n) is 7.22. The number of hydrogen-bond donors (Lipinski definition) is 1. The van der Waals surface area contributed by atoms with E-state index in [1.165, 1.54) is 9.75 Å². The van der Waals surface area contributed by atoms with Crippen molar-refractivity contribution in [2.45, 2.75) is 44.4 Å². The molecule has 2 atom stereocenters. The first-order valence-corrected chi connectivity index (χ1v) is 9.29. The number of hydrogen-bond acceptors (Lipinski definition) is 4. The number of rotatable bonds is 4. The topological polar surface area (TPSA) is 21.3 Å². The van der Waals surface area contributed by atoms with Crippen LogP contribution in [0, 0.1) is 0 Å². The van der Waals surface area contributed by atoms with Crippen molar-refractivity contribution in [3.05, 3.63) is 43.7 Å². The molecular formula is C16H20ClNOS2. The first kappa shape index (κ1) is 15.5. The second-order valence-electron chi connectivity index (χ2n) is 6.05. The van der Waals surface area contributed by atoms with Crippen molar-refractivity contribution in [3.8, 4) is 0 Å². The molecule has 0 aliphatic carbocycles. The quantitative estimate of drug-likeness (QED) is 0.835. The van der Waals surface area contributed by atoms with Gasteiger partial charge in [0.25, 0.3) is 0 Å². The van der Waals surface area contributed by atoms with Crippen LogP contribution >= 0.6 is 34.3 Å². The zero-order valence-corrected chi connectivity index (χ0v) is 14.7. The third-order valence-electron chi connectivity index (χ3n) is 3.81. The molecule has 5 heteroatoms. The molecule has 2 nitrogen and oxygen atoms in total. The maximum absolute atomic E-state index is 6.13. The average Bonchev–Trinajstić information content (AvgIpc) is 3.06. The van der Waals surface area contributed by atoms with Crippen molar-refractivity contribution >= 4 is 34.3 Å². The Labute approximate surface area is 139 Å². The van der Waals surface area contributed by atoms with Crippen molar-refractivity contribution in [1.29, 1.82) is 0 Å². The summed E-state index contributed by atoms with van der Waals surface area (Å²) in [4.78, 5) is 2.63. The Bertz CT molecular complexity index is 579. The molecule has 2 aromatic heterocycles. The third kappa shape index (κ3) is 3.88. The average molecular weight is 342 g/mol. The highest BCUT2D eigenvalue weighted by Gasteiger charge is 2.31. The molecule has 0 radical (unpaired) electrons. The second kappa shape index (κ2) is 6.39. The normalized spacial score (nSPS) is 23.1. The summed E-state index contributed by atoms with van der Waals surface area (Å²) in [7, 11) is 0. The van der Waals surface area contributed by atoms with Crippen LogP contribution in [-0.4, -0.2) is 18.2 Å². The number of thiophene rings is 2. The van der Waals surface area contributed by atoms with Gasteiger partial charge in [0.1, 0.15) is 0 Å². The predicted molar refractivity (Wildman–Crippen MR) is 91.7 cm³/mol. The fraction of sp³-hybridized carbons (Fsp3) is 0.500. The molecule has 1 saturated heterocycles. The lowest BCUT2D eigenvalue weighted by Gasteiger charge is -2.37. The van der Waals surface area contributed by atoms with Gasteiger partial charge in [-0.2, -0.15) is 0 Å².